The molecule has 1 aromatic carbocycles. The quantitative estimate of drug-likeness (QED) is 0.846. The third-order valence-electron chi connectivity index (χ3n) is 4.23. The van der Waals surface area contributed by atoms with E-state index in [1.807, 2.05) is 30.3 Å². The molecular weight excluding hydrogens is 288 g/mol. The Bertz CT molecular complexity index is 562. The van der Waals surface area contributed by atoms with Crippen LogP contribution in [0.25, 0.3) is 0 Å². The van der Waals surface area contributed by atoms with E-state index in [4.69, 9.17) is 5.73 Å². The van der Waals surface area contributed by atoms with Crippen LogP contribution in [0.15, 0.2) is 30.3 Å². The van der Waals surface area contributed by atoms with E-state index in [0.717, 1.165) is 18.4 Å². The highest BCUT2D eigenvalue weighted by molar-refractivity contribution is 7.88. The van der Waals surface area contributed by atoms with Crippen molar-refractivity contribution in [1.82, 2.24) is 4.31 Å². The number of hydrogen-bond acceptors (Lipinski definition) is 4. The Morgan fingerprint density at radius 3 is 2.62 bits per heavy atom. The summed E-state index contributed by atoms with van der Waals surface area (Å²) in [6.07, 6.45) is 3.47. The van der Waals surface area contributed by atoms with Gasteiger partial charge in [0.05, 0.1) is 6.26 Å². The molecule has 1 aromatic rings. The Balaban J connectivity index is 2.12. The summed E-state index contributed by atoms with van der Waals surface area (Å²) in [6, 6.07) is 9.37. The van der Waals surface area contributed by atoms with Crippen LogP contribution in [0.1, 0.15) is 24.8 Å². The fourth-order valence-electron chi connectivity index (χ4n) is 3.04. The summed E-state index contributed by atoms with van der Waals surface area (Å²) in [6.45, 7) is 1.17. The maximum Gasteiger partial charge on any atom is 0.211 e. The van der Waals surface area contributed by atoms with E-state index in [9.17, 15) is 13.5 Å². The van der Waals surface area contributed by atoms with Crippen molar-refractivity contribution in [1.29, 1.82) is 0 Å². The van der Waals surface area contributed by atoms with Gasteiger partial charge in [-0.1, -0.05) is 30.3 Å². The van der Waals surface area contributed by atoms with Crippen molar-refractivity contribution in [3.63, 3.8) is 0 Å². The van der Waals surface area contributed by atoms with Crippen LogP contribution in [0.4, 0.5) is 0 Å². The Kier molecular flexibility index (Phi) is 5.03. The third kappa shape index (κ3) is 4.03. The molecule has 1 aliphatic rings. The second-order valence-electron chi connectivity index (χ2n) is 5.94. The Morgan fingerprint density at radius 2 is 2.05 bits per heavy atom. The van der Waals surface area contributed by atoms with E-state index in [1.165, 1.54) is 10.6 Å². The van der Waals surface area contributed by atoms with E-state index >= 15 is 0 Å². The number of aliphatic hydroxyl groups is 1. The highest BCUT2D eigenvalue weighted by Crippen LogP contribution is 2.32. The molecule has 118 valence electrons. The van der Waals surface area contributed by atoms with Crippen LogP contribution in [0.3, 0.4) is 0 Å². The normalized spacial score (nSPS) is 23.7. The van der Waals surface area contributed by atoms with Crippen molar-refractivity contribution in [2.45, 2.75) is 24.9 Å². The van der Waals surface area contributed by atoms with E-state index in [0.29, 0.717) is 19.5 Å². The van der Waals surface area contributed by atoms with Crippen LogP contribution >= 0.6 is 0 Å². The monoisotopic (exact) mass is 312 g/mol. The summed E-state index contributed by atoms with van der Waals surface area (Å²) in [5, 5.41) is 10.8. The maximum atomic E-state index is 11.7. The largest absolute Gasteiger partial charge is 0.384 e. The van der Waals surface area contributed by atoms with Gasteiger partial charge in [0, 0.05) is 19.6 Å². The summed E-state index contributed by atoms with van der Waals surface area (Å²) in [4.78, 5) is 0. The SMILES string of the molecule is CS(=O)(=O)N1CCCC(CC(O)(CN)c2ccccc2)C1. The molecule has 21 heavy (non-hydrogen) atoms. The van der Waals surface area contributed by atoms with Crippen LogP contribution in [-0.4, -0.2) is 43.7 Å². The van der Waals surface area contributed by atoms with Gasteiger partial charge in [-0.3, -0.25) is 0 Å². The zero-order valence-corrected chi connectivity index (χ0v) is 13.2. The number of benzene rings is 1. The minimum absolute atomic E-state index is 0.127. The number of rotatable bonds is 5. The first kappa shape index (κ1) is 16.4. The molecule has 3 N–H and O–H groups in total. The van der Waals surface area contributed by atoms with Crippen LogP contribution in [0, 0.1) is 5.92 Å². The molecule has 2 unspecified atom stereocenters. The minimum Gasteiger partial charge on any atom is -0.384 e. The number of piperidine rings is 1. The number of nitrogens with two attached hydrogens (primary N) is 1. The average molecular weight is 312 g/mol. The van der Waals surface area contributed by atoms with Crippen molar-refractivity contribution in [3.05, 3.63) is 35.9 Å². The average Bonchev–Trinajstić information content (AvgIpc) is 2.47. The zero-order chi connectivity index (χ0) is 15.5. The highest BCUT2D eigenvalue weighted by atomic mass is 32.2. The van der Waals surface area contributed by atoms with Gasteiger partial charge >= 0.3 is 0 Å². The molecule has 0 amide bonds. The summed E-state index contributed by atoms with van der Waals surface area (Å²) in [7, 11) is -3.17. The van der Waals surface area contributed by atoms with Gasteiger partial charge in [0.1, 0.15) is 5.60 Å². The molecule has 1 aliphatic heterocycles. The van der Waals surface area contributed by atoms with E-state index in [2.05, 4.69) is 0 Å². The lowest BCUT2D eigenvalue weighted by atomic mass is 9.82. The second-order valence-corrected chi connectivity index (χ2v) is 7.92. The molecule has 0 saturated carbocycles. The van der Waals surface area contributed by atoms with Gasteiger partial charge in [-0.15, -0.1) is 0 Å². The molecule has 1 saturated heterocycles. The lowest BCUT2D eigenvalue weighted by molar-refractivity contribution is 0.0115. The van der Waals surface area contributed by atoms with Crippen LogP contribution in [-0.2, 0) is 15.6 Å². The first-order valence-corrected chi connectivity index (χ1v) is 9.13. The molecule has 6 heteroatoms. The third-order valence-corrected chi connectivity index (χ3v) is 5.50. The highest BCUT2D eigenvalue weighted by Gasteiger charge is 2.34. The summed E-state index contributed by atoms with van der Waals surface area (Å²) < 4.78 is 24.9. The molecule has 2 atom stereocenters. The van der Waals surface area contributed by atoms with Gasteiger partial charge in [-0.25, -0.2) is 12.7 Å². The van der Waals surface area contributed by atoms with Gasteiger partial charge in [0.25, 0.3) is 0 Å². The standard InChI is InChI=1S/C15H24N2O3S/c1-21(19,20)17-9-5-6-13(11-17)10-15(18,12-16)14-7-3-2-4-8-14/h2-4,7-8,13,18H,5-6,9-12,16H2,1H3. The van der Waals surface area contributed by atoms with Crippen molar-refractivity contribution >= 4 is 10.0 Å². The lowest BCUT2D eigenvalue weighted by Gasteiger charge is -2.36. The zero-order valence-electron chi connectivity index (χ0n) is 12.4. The van der Waals surface area contributed by atoms with Crippen LogP contribution < -0.4 is 5.73 Å². The van der Waals surface area contributed by atoms with E-state index < -0.39 is 15.6 Å². The summed E-state index contributed by atoms with van der Waals surface area (Å²) in [5.74, 6) is 0.127. The predicted molar refractivity (Wildman–Crippen MR) is 83.2 cm³/mol. The first-order valence-electron chi connectivity index (χ1n) is 7.28. The molecule has 0 bridgehead atoms. The van der Waals surface area contributed by atoms with E-state index in [-0.39, 0.29) is 12.5 Å². The molecule has 0 aliphatic carbocycles. The molecule has 5 nitrogen and oxygen atoms in total. The van der Waals surface area contributed by atoms with Gasteiger partial charge in [0.2, 0.25) is 10.0 Å². The van der Waals surface area contributed by atoms with E-state index in [1.54, 1.807) is 0 Å². The van der Waals surface area contributed by atoms with Gasteiger partial charge < -0.3 is 10.8 Å². The van der Waals surface area contributed by atoms with Crippen LogP contribution in [0.2, 0.25) is 0 Å². The fraction of sp³-hybridized carbons (Fsp3) is 0.600. The van der Waals surface area contributed by atoms with Crippen LogP contribution in [0.5, 0.6) is 0 Å². The first-order chi connectivity index (χ1) is 9.85. The number of hydrogen-bond donors (Lipinski definition) is 2. The molecule has 0 spiro atoms. The summed E-state index contributed by atoms with van der Waals surface area (Å²) in [5.41, 5.74) is 5.50. The second kappa shape index (κ2) is 6.44. The fourth-order valence-corrected chi connectivity index (χ4v) is 3.98. The van der Waals surface area contributed by atoms with Crippen molar-refractivity contribution in [3.8, 4) is 0 Å². The van der Waals surface area contributed by atoms with Gasteiger partial charge in [0.15, 0.2) is 0 Å². The molecule has 0 aromatic heterocycles. The molecule has 0 radical (unpaired) electrons. The number of nitrogens with zero attached hydrogens (tertiary/aromatic N) is 1. The smallest absolute Gasteiger partial charge is 0.211 e. The molecule has 1 fully saturated rings. The predicted octanol–water partition coefficient (Wildman–Crippen LogP) is 0.895. The maximum absolute atomic E-state index is 11.7. The topological polar surface area (TPSA) is 83.6 Å². The van der Waals surface area contributed by atoms with Crippen molar-refractivity contribution in [2.75, 3.05) is 25.9 Å². The number of sulfonamides is 1. The molecule has 1 heterocycles. The minimum atomic E-state index is -3.17. The summed E-state index contributed by atoms with van der Waals surface area (Å²) >= 11 is 0. The molecule has 2 rings (SSSR count). The van der Waals surface area contributed by atoms with Gasteiger partial charge in [-0.2, -0.15) is 0 Å². The van der Waals surface area contributed by atoms with Gasteiger partial charge in [-0.05, 0) is 30.7 Å². The Morgan fingerprint density at radius 1 is 1.38 bits per heavy atom. The Labute approximate surface area is 126 Å². The lowest BCUT2D eigenvalue weighted by Crippen LogP contribution is -2.44. The Hall–Kier alpha value is -0.950. The van der Waals surface area contributed by atoms with Crippen molar-refractivity contribution in [2.24, 2.45) is 11.7 Å². The molecular formula is C15H24N2O3S. The van der Waals surface area contributed by atoms with Crippen molar-refractivity contribution < 1.29 is 13.5 Å².